The third-order valence-electron chi connectivity index (χ3n) is 3.72. The third-order valence-corrected chi connectivity index (χ3v) is 4.84. The minimum Gasteiger partial charge on any atom is -0.493 e. The van der Waals surface area contributed by atoms with Gasteiger partial charge in [0.25, 0.3) is 0 Å². The summed E-state index contributed by atoms with van der Waals surface area (Å²) in [5, 5.41) is 15.5. The van der Waals surface area contributed by atoms with E-state index in [4.69, 9.17) is 4.74 Å². The molecule has 2 unspecified atom stereocenters. The molecule has 0 aliphatic carbocycles. The van der Waals surface area contributed by atoms with Crippen molar-refractivity contribution in [1.29, 1.82) is 0 Å². The number of halogens is 1. The highest BCUT2D eigenvalue weighted by Crippen LogP contribution is 2.15. The lowest BCUT2D eigenvalue weighted by atomic mass is 10.1. The Balaban J connectivity index is 0.00000288. The standard InChI is InChI=1S/C15H22N2O5S.ClH/c1-23(20,21)13-4-2-12(3-5-13)22-7-6-15(19)17-9-11-8-16-10-14(11)18;/h2-5,11,14,16,18H,6-10H2,1H3,(H,17,19);1H. The molecular formula is C15H23ClN2O5S. The van der Waals surface area contributed by atoms with Crippen molar-refractivity contribution in [2.45, 2.75) is 17.4 Å². The molecule has 0 saturated carbocycles. The number of ether oxygens (including phenoxy) is 1. The molecule has 3 N–H and O–H groups in total. The first-order valence-electron chi connectivity index (χ1n) is 7.44. The number of carbonyl (C=O) groups excluding carboxylic acids is 1. The first kappa shape index (κ1) is 20.7. The lowest BCUT2D eigenvalue weighted by Gasteiger charge is -2.14. The van der Waals surface area contributed by atoms with Crippen molar-refractivity contribution in [1.82, 2.24) is 10.6 Å². The number of β-amino-alcohol motifs (C(OH)–C–C–N with tert-alkyl or cyclic N) is 1. The summed E-state index contributed by atoms with van der Waals surface area (Å²) in [6.45, 7) is 1.91. The van der Waals surface area contributed by atoms with Gasteiger partial charge in [0.05, 0.1) is 24.0 Å². The van der Waals surface area contributed by atoms with Crippen LogP contribution in [0.2, 0.25) is 0 Å². The van der Waals surface area contributed by atoms with Gasteiger partial charge in [-0.3, -0.25) is 4.79 Å². The van der Waals surface area contributed by atoms with Crippen molar-refractivity contribution in [2.75, 3.05) is 32.5 Å². The normalized spacial score (nSPS) is 20.2. The van der Waals surface area contributed by atoms with Crippen LogP contribution >= 0.6 is 12.4 Å². The minimum atomic E-state index is -3.22. The fourth-order valence-corrected chi connectivity index (χ4v) is 2.94. The number of rotatable bonds is 7. The van der Waals surface area contributed by atoms with Gasteiger partial charge in [0.15, 0.2) is 9.84 Å². The predicted octanol–water partition coefficient (Wildman–Crippen LogP) is -0.0227. The molecule has 1 aliphatic rings. The predicted molar refractivity (Wildman–Crippen MR) is 92.3 cm³/mol. The van der Waals surface area contributed by atoms with Crippen LogP contribution in [-0.2, 0) is 14.6 Å². The van der Waals surface area contributed by atoms with E-state index in [1.807, 2.05) is 0 Å². The maximum Gasteiger partial charge on any atom is 0.223 e. The molecule has 1 heterocycles. The maximum absolute atomic E-state index is 11.7. The second-order valence-electron chi connectivity index (χ2n) is 5.63. The van der Waals surface area contributed by atoms with Crippen LogP contribution in [0.4, 0.5) is 0 Å². The summed E-state index contributed by atoms with van der Waals surface area (Å²) in [5.74, 6) is 0.417. The van der Waals surface area contributed by atoms with Gasteiger partial charge in [0, 0.05) is 31.8 Å². The van der Waals surface area contributed by atoms with Crippen molar-refractivity contribution in [3.63, 3.8) is 0 Å². The van der Waals surface area contributed by atoms with Crippen LogP contribution in [0.5, 0.6) is 5.75 Å². The van der Waals surface area contributed by atoms with Crippen LogP contribution in [0.15, 0.2) is 29.2 Å². The number of amides is 1. The average Bonchev–Trinajstić information content (AvgIpc) is 2.90. The first-order chi connectivity index (χ1) is 10.9. The molecule has 1 aromatic rings. The molecule has 0 aromatic heterocycles. The quantitative estimate of drug-likeness (QED) is 0.615. The van der Waals surface area contributed by atoms with Gasteiger partial charge in [-0.05, 0) is 24.3 Å². The lowest BCUT2D eigenvalue weighted by molar-refractivity contribution is -0.121. The Morgan fingerprint density at radius 1 is 1.33 bits per heavy atom. The van der Waals surface area contributed by atoms with Gasteiger partial charge in [-0.1, -0.05) is 0 Å². The summed E-state index contributed by atoms with van der Waals surface area (Å²) >= 11 is 0. The number of sulfone groups is 1. The number of aliphatic hydroxyl groups is 1. The number of aliphatic hydroxyl groups excluding tert-OH is 1. The summed E-state index contributed by atoms with van der Waals surface area (Å²) in [6.07, 6.45) is 0.925. The van der Waals surface area contributed by atoms with Crippen LogP contribution in [0, 0.1) is 5.92 Å². The summed E-state index contributed by atoms with van der Waals surface area (Å²) in [5.41, 5.74) is 0. The SMILES string of the molecule is CS(=O)(=O)c1ccc(OCCC(=O)NCC2CNCC2O)cc1.Cl. The monoisotopic (exact) mass is 378 g/mol. The van der Waals surface area contributed by atoms with Gasteiger partial charge in [-0.15, -0.1) is 12.4 Å². The summed E-state index contributed by atoms with van der Waals surface area (Å²) in [6, 6.07) is 6.07. The Morgan fingerprint density at radius 3 is 2.54 bits per heavy atom. The highest BCUT2D eigenvalue weighted by molar-refractivity contribution is 7.90. The number of hydrogen-bond acceptors (Lipinski definition) is 6. The molecule has 2 rings (SSSR count). The van der Waals surface area contributed by atoms with Gasteiger partial charge in [0.1, 0.15) is 5.75 Å². The van der Waals surface area contributed by atoms with Crippen LogP contribution in [0.3, 0.4) is 0 Å². The maximum atomic E-state index is 11.7. The van der Waals surface area contributed by atoms with E-state index in [0.29, 0.717) is 25.4 Å². The van der Waals surface area contributed by atoms with Crippen molar-refractivity contribution in [2.24, 2.45) is 5.92 Å². The van der Waals surface area contributed by atoms with Crippen LogP contribution in [0.1, 0.15) is 6.42 Å². The van der Waals surface area contributed by atoms with Gasteiger partial charge < -0.3 is 20.5 Å². The average molecular weight is 379 g/mol. The highest BCUT2D eigenvalue weighted by Gasteiger charge is 2.24. The molecule has 1 aliphatic heterocycles. The molecule has 136 valence electrons. The first-order valence-corrected chi connectivity index (χ1v) is 9.34. The smallest absolute Gasteiger partial charge is 0.223 e. The fourth-order valence-electron chi connectivity index (χ4n) is 2.31. The van der Waals surface area contributed by atoms with Gasteiger partial charge >= 0.3 is 0 Å². The Bertz CT molecular complexity index is 636. The fraction of sp³-hybridized carbons (Fsp3) is 0.533. The van der Waals surface area contributed by atoms with Crippen LogP contribution in [0.25, 0.3) is 0 Å². The van der Waals surface area contributed by atoms with E-state index in [-0.39, 0.29) is 42.2 Å². The molecule has 2 atom stereocenters. The molecule has 24 heavy (non-hydrogen) atoms. The number of benzene rings is 1. The van der Waals surface area contributed by atoms with Crippen molar-refractivity contribution < 1.29 is 23.1 Å². The summed E-state index contributed by atoms with van der Waals surface area (Å²) in [4.78, 5) is 11.9. The van der Waals surface area contributed by atoms with Crippen LogP contribution in [-0.4, -0.2) is 58.0 Å². The molecule has 0 radical (unpaired) electrons. The molecular weight excluding hydrogens is 356 g/mol. The van der Waals surface area contributed by atoms with E-state index < -0.39 is 15.9 Å². The number of nitrogens with one attached hydrogen (secondary N) is 2. The van der Waals surface area contributed by atoms with E-state index in [2.05, 4.69) is 10.6 Å². The van der Waals surface area contributed by atoms with E-state index >= 15 is 0 Å². The topological polar surface area (TPSA) is 105 Å². The zero-order valence-electron chi connectivity index (χ0n) is 13.4. The van der Waals surface area contributed by atoms with E-state index in [9.17, 15) is 18.3 Å². The summed E-state index contributed by atoms with van der Waals surface area (Å²) in [7, 11) is -3.22. The molecule has 9 heteroatoms. The minimum absolute atomic E-state index is 0. The Labute approximate surface area is 148 Å². The van der Waals surface area contributed by atoms with Crippen molar-refractivity contribution in [3.8, 4) is 5.75 Å². The largest absolute Gasteiger partial charge is 0.493 e. The van der Waals surface area contributed by atoms with Gasteiger partial charge in [-0.2, -0.15) is 0 Å². The highest BCUT2D eigenvalue weighted by atomic mass is 35.5. The molecule has 0 spiro atoms. The van der Waals surface area contributed by atoms with E-state index in [1.165, 1.54) is 12.1 Å². The van der Waals surface area contributed by atoms with Gasteiger partial charge in [0.2, 0.25) is 5.91 Å². The zero-order chi connectivity index (χ0) is 16.9. The second kappa shape index (κ2) is 9.22. The lowest BCUT2D eigenvalue weighted by Crippen LogP contribution is -2.34. The Hall–Kier alpha value is -1.35. The van der Waals surface area contributed by atoms with Crippen molar-refractivity contribution >= 4 is 28.2 Å². The van der Waals surface area contributed by atoms with E-state index in [0.717, 1.165) is 6.26 Å². The molecule has 1 saturated heterocycles. The molecule has 1 amide bonds. The Kier molecular flexibility index (Phi) is 7.95. The molecule has 1 aromatic carbocycles. The van der Waals surface area contributed by atoms with Crippen LogP contribution < -0.4 is 15.4 Å². The molecule has 0 bridgehead atoms. The third kappa shape index (κ3) is 6.27. The summed E-state index contributed by atoms with van der Waals surface area (Å²) < 4.78 is 28.1. The van der Waals surface area contributed by atoms with E-state index in [1.54, 1.807) is 12.1 Å². The van der Waals surface area contributed by atoms with Gasteiger partial charge in [-0.25, -0.2) is 8.42 Å². The molecule has 7 nitrogen and oxygen atoms in total. The number of hydrogen-bond donors (Lipinski definition) is 3. The molecule has 1 fully saturated rings. The number of carbonyl (C=O) groups is 1. The second-order valence-corrected chi connectivity index (χ2v) is 7.65. The van der Waals surface area contributed by atoms with Crippen molar-refractivity contribution in [3.05, 3.63) is 24.3 Å². The zero-order valence-corrected chi connectivity index (χ0v) is 15.0. The Morgan fingerprint density at radius 2 is 2.00 bits per heavy atom.